The maximum absolute atomic E-state index is 8.99. The maximum atomic E-state index is 8.99. The second kappa shape index (κ2) is 5.76. The van der Waals surface area contributed by atoms with Crippen molar-refractivity contribution in [3.05, 3.63) is 53.7 Å². The Balaban J connectivity index is 1.76. The number of anilines is 1. The summed E-state index contributed by atoms with van der Waals surface area (Å²) in [7, 11) is 0. The van der Waals surface area contributed by atoms with Gasteiger partial charge in [0.2, 0.25) is 0 Å². The van der Waals surface area contributed by atoms with Crippen LogP contribution in [-0.2, 0) is 13.2 Å². The molecule has 0 aliphatic carbocycles. The van der Waals surface area contributed by atoms with Gasteiger partial charge in [-0.3, -0.25) is 0 Å². The van der Waals surface area contributed by atoms with Crippen LogP contribution in [0.15, 0.2) is 41.1 Å². The van der Waals surface area contributed by atoms with Gasteiger partial charge in [0.15, 0.2) is 0 Å². The van der Waals surface area contributed by atoms with Crippen molar-refractivity contribution in [1.29, 1.82) is 0 Å². The molecule has 108 valence electrons. The van der Waals surface area contributed by atoms with E-state index < -0.39 is 0 Å². The molecule has 0 bridgehead atoms. The minimum atomic E-state index is -0.0895. The highest BCUT2D eigenvalue weighted by Crippen LogP contribution is 2.20. The van der Waals surface area contributed by atoms with Gasteiger partial charge in [-0.15, -0.1) is 5.10 Å². The maximum Gasteiger partial charge on any atom is 0.143 e. The van der Waals surface area contributed by atoms with E-state index in [1.807, 2.05) is 31.2 Å². The Morgan fingerprint density at radius 3 is 2.81 bits per heavy atom. The third-order valence-corrected chi connectivity index (χ3v) is 3.16. The number of aliphatic hydroxyl groups is 1. The number of nitrogens with zero attached hydrogens (tertiary/aromatic N) is 4. The number of hydrogen-bond donors (Lipinski definition) is 2. The van der Waals surface area contributed by atoms with Crippen molar-refractivity contribution in [1.82, 2.24) is 20.2 Å². The van der Waals surface area contributed by atoms with Crippen LogP contribution in [0.5, 0.6) is 0 Å². The fourth-order valence-electron chi connectivity index (χ4n) is 2.01. The third-order valence-electron chi connectivity index (χ3n) is 3.16. The van der Waals surface area contributed by atoms with E-state index in [4.69, 9.17) is 9.52 Å². The van der Waals surface area contributed by atoms with Crippen LogP contribution in [-0.4, -0.2) is 25.3 Å². The smallest absolute Gasteiger partial charge is 0.143 e. The molecule has 0 amide bonds. The van der Waals surface area contributed by atoms with Crippen LogP contribution in [0.4, 0.5) is 5.69 Å². The van der Waals surface area contributed by atoms with Gasteiger partial charge in [0.1, 0.15) is 24.5 Å². The number of rotatable bonds is 5. The standard InChI is InChI=1S/C14H15N5O2/c1-10-2-3-11(19-9-16-17-18-19)6-14(10)15-7-12-4-5-13(8-20)21-12/h2-6,9,15,20H,7-8H2,1H3. The summed E-state index contributed by atoms with van der Waals surface area (Å²) in [6.07, 6.45) is 1.55. The first-order chi connectivity index (χ1) is 10.3. The number of aliphatic hydroxyl groups excluding tert-OH is 1. The van der Waals surface area contributed by atoms with Gasteiger partial charge in [0, 0.05) is 5.69 Å². The molecule has 2 heterocycles. The predicted octanol–water partition coefficient (Wildman–Crippen LogP) is 1.67. The molecule has 0 saturated carbocycles. The molecule has 21 heavy (non-hydrogen) atoms. The Morgan fingerprint density at radius 2 is 2.10 bits per heavy atom. The molecule has 0 radical (unpaired) electrons. The molecule has 2 N–H and O–H groups in total. The van der Waals surface area contributed by atoms with Crippen LogP contribution < -0.4 is 5.32 Å². The zero-order valence-corrected chi connectivity index (χ0v) is 11.5. The van der Waals surface area contributed by atoms with Gasteiger partial charge in [-0.25, -0.2) is 4.68 Å². The molecule has 3 aromatic rings. The minimum Gasteiger partial charge on any atom is -0.462 e. The molecular weight excluding hydrogens is 270 g/mol. The molecule has 0 fully saturated rings. The van der Waals surface area contributed by atoms with Gasteiger partial charge in [0.05, 0.1) is 12.2 Å². The second-order valence-electron chi connectivity index (χ2n) is 4.63. The zero-order chi connectivity index (χ0) is 14.7. The van der Waals surface area contributed by atoms with E-state index >= 15 is 0 Å². The van der Waals surface area contributed by atoms with Crippen LogP contribution in [0.25, 0.3) is 5.69 Å². The second-order valence-corrected chi connectivity index (χ2v) is 4.63. The van der Waals surface area contributed by atoms with Crippen molar-refractivity contribution in [2.45, 2.75) is 20.1 Å². The Bertz CT molecular complexity index is 721. The third kappa shape index (κ3) is 2.92. The summed E-state index contributed by atoms with van der Waals surface area (Å²) in [4.78, 5) is 0. The summed E-state index contributed by atoms with van der Waals surface area (Å²) in [5.74, 6) is 1.33. The monoisotopic (exact) mass is 285 g/mol. The number of nitrogens with one attached hydrogen (secondary N) is 1. The summed E-state index contributed by atoms with van der Waals surface area (Å²) in [6, 6.07) is 9.54. The summed E-state index contributed by atoms with van der Waals surface area (Å²) < 4.78 is 7.05. The van der Waals surface area contributed by atoms with Crippen molar-refractivity contribution in [2.75, 3.05) is 5.32 Å². The Labute approximate surface area is 121 Å². The SMILES string of the molecule is Cc1ccc(-n2cnnn2)cc1NCc1ccc(CO)o1. The van der Waals surface area contributed by atoms with Crippen molar-refractivity contribution in [2.24, 2.45) is 0 Å². The van der Waals surface area contributed by atoms with E-state index in [0.29, 0.717) is 12.3 Å². The first-order valence-electron chi connectivity index (χ1n) is 6.52. The molecule has 2 aromatic heterocycles. The summed E-state index contributed by atoms with van der Waals surface area (Å²) in [5.41, 5.74) is 2.97. The van der Waals surface area contributed by atoms with E-state index in [1.165, 1.54) is 0 Å². The minimum absolute atomic E-state index is 0.0895. The average Bonchev–Trinajstić information content (AvgIpc) is 3.18. The lowest BCUT2D eigenvalue weighted by Gasteiger charge is -2.10. The Morgan fingerprint density at radius 1 is 1.24 bits per heavy atom. The Hall–Kier alpha value is -2.67. The number of furan rings is 1. The highest BCUT2D eigenvalue weighted by atomic mass is 16.4. The number of benzene rings is 1. The molecule has 0 atom stereocenters. The van der Waals surface area contributed by atoms with E-state index in [1.54, 1.807) is 17.1 Å². The van der Waals surface area contributed by atoms with Gasteiger partial charge in [-0.05, 0) is 47.2 Å². The Kier molecular flexibility index (Phi) is 3.65. The molecular formula is C14H15N5O2. The van der Waals surface area contributed by atoms with Crippen LogP contribution in [0.2, 0.25) is 0 Å². The topological polar surface area (TPSA) is 89.0 Å². The van der Waals surface area contributed by atoms with Crippen molar-refractivity contribution in [3.63, 3.8) is 0 Å². The average molecular weight is 285 g/mol. The molecule has 0 saturated heterocycles. The van der Waals surface area contributed by atoms with E-state index in [2.05, 4.69) is 20.8 Å². The van der Waals surface area contributed by atoms with Gasteiger partial charge in [0.25, 0.3) is 0 Å². The van der Waals surface area contributed by atoms with Crippen molar-refractivity contribution in [3.8, 4) is 5.69 Å². The molecule has 0 aliphatic rings. The van der Waals surface area contributed by atoms with Crippen LogP contribution in [0, 0.1) is 6.92 Å². The number of hydrogen-bond acceptors (Lipinski definition) is 6. The zero-order valence-electron chi connectivity index (χ0n) is 11.5. The van der Waals surface area contributed by atoms with Crippen LogP contribution >= 0.6 is 0 Å². The van der Waals surface area contributed by atoms with Crippen molar-refractivity contribution >= 4 is 5.69 Å². The summed E-state index contributed by atoms with van der Waals surface area (Å²) in [6.45, 7) is 2.47. The summed E-state index contributed by atoms with van der Waals surface area (Å²) in [5, 5.41) is 23.4. The van der Waals surface area contributed by atoms with E-state index in [9.17, 15) is 0 Å². The lowest BCUT2D eigenvalue weighted by molar-refractivity contribution is 0.244. The molecule has 1 aromatic carbocycles. The van der Waals surface area contributed by atoms with Gasteiger partial charge < -0.3 is 14.8 Å². The normalized spacial score (nSPS) is 10.8. The first-order valence-corrected chi connectivity index (χ1v) is 6.52. The van der Waals surface area contributed by atoms with Gasteiger partial charge in [-0.1, -0.05) is 6.07 Å². The first kappa shape index (κ1) is 13.3. The predicted molar refractivity (Wildman–Crippen MR) is 75.8 cm³/mol. The highest BCUT2D eigenvalue weighted by molar-refractivity contribution is 5.56. The molecule has 0 spiro atoms. The number of aryl methyl sites for hydroxylation is 1. The largest absolute Gasteiger partial charge is 0.462 e. The molecule has 3 rings (SSSR count). The van der Waals surface area contributed by atoms with Crippen LogP contribution in [0.1, 0.15) is 17.1 Å². The molecule has 0 unspecified atom stereocenters. The fourth-order valence-corrected chi connectivity index (χ4v) is 2.01. The highest BCUT2D eigenvalue weighted by Gasteiger charge is 2.05. The van der Waals surface area contributed by atoms with Gasteiger partial charge >= 0.3 is 0 Å². The van der Waals surface area contributed by atoms with E-state index in [-0.39, 0.29) is 6.61 Å². The number of aromatic nitrogens is 4. The lowest BCUT2D eigenvalue weighted by atomic mass is 10.2. The van der Waals surface area contributed by atoms with Gasteiger partial charge in [-0.2, -0.15) is 0 Å². The van der Waals surface area contributed by atoms with E-state index in [0.717, 1.165) is 22.7 Å². The molecule has 0 aliphatic heterocycles. The molecule has 7 heteroatoms. The lowest BCUT2D eigenvalue weighted by Crippen LogP contribution is -2.02. The van der Waals surface area contributed by atoms with Crippen LogP contribution in [0.3, 0.4) is 0 Å². The fraction of sp³-hybridized carbons (Fsp3) is 0.214. The summed E-state index contributed by atoms with van der Waals surface area (Å²) >= 11 is 0. The van der Waals surface area contributed by atoms with Crippen molar-refractivity contribution < 1.29 is 9.52 Å². The quantitative estimate of drug-likeness (QED) is 0.741. The number of tetrazole rings is 1. The molecule has 7 nitrogen and oxygen atoms in total.